The highest BCUT2D eigenvalue weighted by atomic mass is 16.1. The normalized spacial score (nSPS) is 28.2. The van der Waals surface area contributed by atoms with Gasteiger partial charge in [-0.25, -0.2) is 0 Å². The molecule has 1 fully saturated rings. The number of carbonyl (C=O) groups excluding carboxylic acids is 2. The second-order valence-corrected chi connectivity index (χ2v) is 4.85. The quantitative estimate of drug-likeness (QED) is 0.602. The largest absolute Gasteiger partial charge is 0.303 e. The van der Waals surface area contributed by atoms with Crippen LogP contribution in [0.4, 0.5) is 0 Å². The van der Waals surface area contributed by atoms with Crippen LogP contribution in [-0.2, 0) is 9.59 Å². The smallest absolute Gasteiger partial charge is 0.137 e. The number of Topliss-reactive ketones (excluding diaryl/α,β-unsaturated/α-hetero) is 1. The van der Waals surface area contributed by atoms with Gasteiger partial charge in [0.05, 0.1) is 0 Å². The number of hydrogen-bond acceptors (Lipinski definition) is 2. The highest BCUT2D eigenvalue weighted by Crippen LogP contribution is 2.39. The van der Waals surface area contributed by atoms with Gasteiger partial charge in [-0.05, 0) is 11.8 Å². The van der Waals surface area contributed by atoms with Crippen molar-refractivity contribution in [3.8, 4) is 0 Å². The van der Waals surface area contributed by atoms with Gasteiger partial charge < -0.3 is 4.79 Å². The standard InChI is InChI=1S/C10H16O2/c1-10(2,3)5-9(12)8-4-7(8)6-11/h6-8H,4-5H2,1-3H3/t7-,8+/m0/s1. The van der Waals surface area contributed by atoms with Crippen LogP contribution in [0.1, 0.15) is 33.6 Å². The SMILES string of the molecule is CC(C)(C)CC(=O)[C@@H]1C[C@H]1C=O. The fraction of sp³-hybridized carbons (Fsp3) is 0.800. The lowest BCUT2D eigenvalue weighted by Crippen LogP contribution is -2.15. The first-order valence-electron chi connectivity index (χ1n) is 4.42. The lowest BCUT2D eigenvalue weighted by Gasteiger charge is -2.16. The molecule has 2 nitrogen and oxygen atoms in total. The van der Waals surface area contributed by atoms with E-state index in [4.69, 9.17) is 0 Å². The number of carbonyl (C=O) groups is 2. The molecule has 0 unspecified atom stereocenters. The van der Waals surface area contributed by atoms with Crippen molar-refractivity contribution in [2.24, 2.45) is 17.3 Å². The Hall–Kier alpha value is -0.660. The fourth-order valence-corrected chi connectivity index (χ4v) is 1.39. The van der Waals surface area contributed by atoms with Crippen molar-refractivity contribution in [3.05, 3.63) is 0 Å². The topological polar surface area (TPSA) is 34.1 Å². The summed E-state index contributed by atoms with van der Waals surface area (Å²) in [6.07, 6.45) is 2.30. The highest BCUT2D eigenvalue weighted by molar-refractivity contribution is 5.88. The molecule has 12 heavy (non-hydrogen) atoms. The van der Waals surface area contributed by atoms with Crippen LogP contribution in [0.15, 0.2) is 0 Å². The van der Waals surface area contributed by atoms with Gasteiger partial charge in [0.2, 0.25) is 0 Å². The van der Waals surface area contributed by atoms with Crippen molar-refractivity contribution < 1.29 is 9.59 Å². The molecule has 1 rings (SSSR count). The van der Waals surface area contributed by atoms with Gasteiger partial charge in [-0.3, -0.25) is 4.79 Å². The first kappa shape index (κ1) is 9.43. The van der Waals surface area contributed by atoms with Gasteiger partial charge in [-0.15, -0.1) is 0 Å². The van der Waals surface area contributed by atoms with Gasteiger partial charge in [0.15, 0.2) is 0 Å². The molecule has 1 aliphatic carbocycles. The third-order valence-electron chi connectivity index (χ3n) is 2.13. The third kappa shape index (κ3) is 2.43. The molecule has 0 aromatic carbocycles. The molecular weight excluding hydrogens is 152 g/mol. The summed E-state index contributed by atoms with van der Waals surface area (Å²) in [5.41, 5.74) is 0.0626. The minimum atomic E-state index is 0.0415. The maximum Gasteiger partial charge on any atom is 0.137 e. The van der Waals surface area contributed by atoms with E-state index in [1.54, 1.807) is 0 Å². The van der Waals surface area contributed by atoms with Crippen molar-refractivity contribution in [1.82, 2.24) is 0 Å². The molecule has 0 bridgehead atoms. The Morgan fingerprint density at radius 1 is 1.50 bits per heavy atom. The van der Waals surface area contributed by atoms with Gasteiger partial charge in [0.1, 0.15) is 12.1 Å². The van der Waals surface area contributed by atoms with Crippen molar-refractivity contribution in [2.45, 2.75) is 33.6 Å². The second-order valence-electron chi connectivity index (χ2n) is 4.85. The highest BCUT2D eigenvalue weighted by Gasteiger charge is 2.43. The van der Waals surface area contributed by atoms with Crippen LogP contribution in [0.5, 0.6) is 0 Å². The summed E-state index contributed by atoms with van der Waals surface area (Å²) >= 11 is 0. The van der Waals surface area contributed by atoms with E-state index in [9.17, 15) is 9.59 Å². The molecule has 0 aliphatic heterocycles. The molecule has 0 saturated heterocycles. The number of aldehydes is 1. The lowest BCUT2D eigenvalue weighted by atomic mass is 9.88. The summed E-state index contributed by atoms with van der Waals surface area (Å²) in [7, 11) is 0. The van der Waals surface area contributed by atoms with E-state index >= 15 is 0 Å². The number of ketones is 1. The Balaban J connectivity index is 2.36. The summed E-state index contributed by atoms with van der Waals surface area (Å²) < 4.78 is 0. The molecule has 0 heterocycles. The molecule has 1 saturated carbocycles. The molecule has 68 valence electrons. The van der Waals surface area contributed by atoms with Gasteiger partial charge >= 0.3 is 0 Å². The Kier molecular flexibility index (Phi) is 2.36. The lowest BCUT2D eigenvalue weighted by molar-refractivity contribution is -0.123. The second kappa shape index (κ2) is 3.00. The summed E-state index contributed by atoms with van der Waals surface area (Å²) in [5.74, 6) is 0.362. The zero-order valence-corrected chi connectivity index (χ0v) is 7.96. The minimum absolute atomic E-state index is 0.0415. The molecule has 1 aliphatic rings. The Bertz CT molecular complexity index is 200. The first-order chi connectivity index (χ1) is 5.44. The predicted molar refractivity (Wildman–Crippen MR) is 46.7 cm³/mol. The van der Waals surface area contributed by atoms with E-state index in [1.807, 2.05) is 20.8 Å². The number of rotatable bonds is 3. The predicted octanol–water partition coefficient (Wildman–Crippen LogP) is 1.83. The molecule has 0 radical (unpaired) electrons. The van der Waals surface area contributed by atoms with Crippen molar-refractivity contribution in [3.63, 3.8) is 0 Å². The van der Waals surface area contributed by atoms with Crippen LogP contribution in [0.2, 0.25) is 0 Å². The van der Waals surface area contributed by atoms with Crippen molar-refractivity contribution >= 4 is 12.1 Å². The molecule has 0 amide bonds. The maximum absolute atomic E-state index is 11.4. The molecular formula is C10H16O2. The van der Waals surface area contributed by atoms with E-state index in [2.05, 4.69) is 0 Å². The molecule has 0 aromatic rings. The Labute approximate surface area is 73.3 Å². The average molecular weight is 168 g/mol. The van der Waals surface area contributed by atoms with Crippen LogP contribution >= 0.6 is 0 Å². The molecule has 2 atom stereocenters. The molecule has 0 spiro atoms. The zero-order chi connectivity index (χ0) is 9.35. The van der Waals surface area contributed by atoms with Crippen LogP contribution in [0.3, 0.4) is 0 Å². The molecule has 2 heteroatoms. The average Bonchev–Trinajstić information content (AvgIpc) is 2.60. The minimum Gasteiger partial charge on any atom is -0.303 e. The van der Waals surface area contributed by atoms with E-state index in [-0.39, 0.29) is 23.0 Å². The summed E-state index contributed by atoms with van der Waals surface area (Å²) in [6.45, 7) is 6.13. The fourth-order valence-electron chi connectivity index (χ4n) is 1.39. The molecule has 0 aromatic heterocycles. The van der Waals surface area contributed by atoms with E-state index < -0.39 is 0 Å². The first-order valence-corrected chi connectivity index (χ1v) is 4.42. The van der Waals surface area contributed by atoms with Crippen LogP contribution in [-0.4, -0.2) is 12.1 Å². The van der Waals surface area contributed by atoms with Gasteiger partial charge in [0.25, 0.3) is 0 Å². The monoisotopic (exact) mass is 168 g/mol. The van der Waals surface area contributed by atoms with E-state index in [0.29, 0.717) is 6.42 Å². The molecule has 0 N–H and O–H groups in total. The zero-order valence-electron chi connectivity index (χ0n) is 7.96. The van der Waals surface area contributed by atoms with E-state index in [0.717, 1.165) is 12.7 Å². The van der Waals surface area contributed by atoms with Crippen LogP contribution in [0.25, 0.3) is 0 Å². The van der Waals surface area contributed by atoms with Crippen molar-refractivity contribution in [1.29, 1.82) is 0 Å². The van der Waals surface area contributed by atoms with Crippen LogP contribution < -0.4 is 0 Å². The third-order valence-corrected chi connectivity index (χ3v) is 2.13. The summed E-state index contributed by atoms with van der Waals surface area (Å²) in [6, 6.07) is 0. The Morgan fingerprint density at radius 3 is 2.42 bits per heavy atom. The van der Waals surface area contributed by atoms with Crippen LogP contribution in [0, 0.1) is 17.3 Å². The Morgan fingerprint density at radius 2 is 2.08 bits per heavy atom. The van der Waals surface area contributed by atoms with Crippen molar-refractivity contribution in [2.75, 3.05) is 0 Å². The van der Waals surface area contributed by atoms with Gasteiger partial charge in [0, 0.05) is 18.3 Å². The number of hydrogen-bond donors (Lipinski definition) is 0. The summed E-state index contributed by atoms with van der Waals surface area (Å²) in [5, 5.41) is 0. The van der Waals surface area contributed by atoms with Gasteiger partial charge in [-0.2, -0.15) is 0 Å². The maximum atomic E-state index is 11.4. The van der Waals surface area contributed by atoms with Gasteiger partial charge in [-0.1, -0.05) is 20.8 Å². The van der Waals surface area contributed by atoms with E-state index in [1.165, 1.54) is 0 Å². The summed E-state index contributed by atoms with van der Waals surface area (Å²) in [4.78, 5) is 21.7.